The quantitative estimate of drug-likeness (QED) is 0.406. The molecule has 4 rings (SSSR count). The fraction of sp³-hybridized carbons (Fsp3) is 0.360. The molecule has 0 unspecified atom stereocenters. The summed E-state index contributed by atoms with van der Waals surface area (Å²) in [5.74, 6) is 0.435. The van der Waals surface area contributed by atoms with Crippen LogP contribution in [0.5, 0.6) is 5.75 Å². The normalized spacial score (nSPS) is 17.3. The molecule has 2 aliphatic heterocycles. The largest absolute Gasteiger partial charge is 0.496 e. The topological polar surface area (TPSA) is 63.1 Å². The molecule has 2 aliphatic rings. The fourth-order valence-corrected chi connectivity index (χ4v) is 5.85. The number of benzene rings is 2. The molecule has 2 amide bonds. The van der Waals surface area contributed by atoms with Gasteiger partial charge in [0, 0.05) is 30.7 Å². The number of nitrogens with one attached hydrogen (secondary N) is 2. The molecule has 2 aromatic carbocycles. The molecule has 8 heteroatoms. The van der Waals surface area contributed by atoms with Gasteiger partial charge in [-0.15, -0.1) is 0 Å². The number of amides is 2. The molecule has 1 saturated heterocycles. The van der Waals surface area contributed by atoms with Crippen LogP contribution in [0, 0.1) is 0 Å². The van der Waals surface area contributed by atoms with Gasteiger partial charge in [-0.1, -0.05) is 30.0 Å². The van der Waals surface area contributed by atoms with Crippen molar-refractivity contribution in [3.8, 4) is 5.75 Å². The predicted molar refractivity (Wildman–Crippen MR) is 136 cm³/mol. The van der Waals surface area contributed by atoms with E-state index >= 15 is 0 Å². The van der Waals surface area contributed by atoms with Gasteiger partial charge in [0.05, 0.1) is 41.8 Å². The van der Waals surface area contributed by atoms with E-state index in [1.54, 1.807) is 16.9 Å². The maximum atomic E-state index is 13.4. The van der Waals surface area contributed by atoms with Gasteiger partial charge in [0.15, 0.2) is 0 Å². The van der Waals surface area contributed by atoms with Crippen LogP contribution in [0.25, 0.3) is 6.08 Å². The third kappa shape index (κ3) is 5.99. The van der Waals surface area contributed by atoms with Gasteiger partial charge in [-0.3, -0.25) is 14.5 Å². The first-order chi connectivity index (χ1) is 16.0. The lowest BCUT2D eigenvalue weighted by molar-refractivity contribution is -0.887. The van der Waals surface area contributed by atoms with Gasteiger partial charge in [0.2, 0.25) is 5.91 Å². The molecule has 1 fully saturated rings. The van der Waals surface area contributed by atoms with Crippen molar-refractivity contribution in [2.75, 3.05) is 44.7 Å². The monoisotopic (exact) mass is 530 g/mol. The number of carbonyl (C=O) groups is 2. The van der Waals surface area contributed by atoms with E-state index < -0.39 is 0 Å². The van der Waals surface area contributed by atoms with Gasteiger partial charge in [0.25, 0.3) is 5.91 Å². The van der Waals surface area contributed by atoms with Gasteiger partial charge in [-0.25, -0.2) is 0 Å². The predicted octanol–water partition coefficient (Wildman–Crippen LogP) is 3.12. The van der Waals surface area contributed by atoms with Crippen molar-refractivity contribution in [3.63, 3.8) is 0 Å². The minimum absolute atomic E-state index is 0.0105. The second kappa shape index (κ2) is 11.2. The van der Waals surface area contributed by atoms with E-state index in [9.17, 15) is 9.59 Å². The number of fused-ring (bicyclic) bond motifs is 1. The summed E-state index contributed by atoms with van der Waals surface area (Å²) in [4.78, 5) is 30.8. The highest BCUT2D eigenvalue weighted by Crippen LogP contribution is 2.42. The number of halogens is 1. The fourth-order valence-electron chi connectivity index (χ4n) is 4.23. The Morgan fingerprint density at radius 1 is 1.24 bits per heavy atom. The minimum atomic E-state index is -0.165. The van der Waals surface area contributed by atoms with E-state index in [0.717, 1.165) is 39.3 Å². The lowest BCUT2D eigenvalue weighted by atomic mass is 10.2. The Balaban J connectivity index is 1.45. The van der Waals surface area contributed by atoms with Crippen LogP contribution in [0.1, 0.15) is 24.8 Å². The van der Waals surface area contributed by atoms with Gasteiger partial charge >= 0.3 is 0 Å². The molecule has 0 atom stereocenters. The average molecular weight is 531 g/mol. The number of para-hydroxylation sites is 1. The first-order valence-electron chi connectivity index (χ1n) is 11.3. The van der Waals surface area contributed by atoms with E-state index in [0.29, 0.717) is 11.4 Å². The Kier molecular flexibility index (Phi) is 8.11. The van der Waals surface area contributed by atoms with Crippen LogP contribution in [0.2, 0.25) is 0 Å². The summed E-state index contributed by atoms with van der Waals surface area (Å²) in [6, 6.07) is 13.4. The number of likely N-dealkylation sites (tertiary alicyclic amines) is 1. The van der Waals surface area contributed by atoms with Gasteiger partial charge in [-0.05, 0) is 51.8 Å². The van der Waals surface area contributed by atoms with Crippen LogP contribution in [0.4, 0.5) is 5.69 Å². The first-order valence-corrected chi connectivity index (χ1v) is 12.9. The van der Waals surface area contributed by atoms with Crippen LogP contribution in [-0.2, 0) is 9.59 Å². The van der Waals surface area contributed by atoms with Gasteiger partial charge < -0.3 is 15.0 Å². The van der Waals surface area contributed by atoms with E-state index in [4.69, 9.17) is 4.74 Å². The molecule has 0 spiro atoms. The highest BCUT2D eigenvalue weighted by Gasteiger charge is 2.30. The number of rotatable bonds is 8. The highest BCUT2D eigenvalue weighted by atomic mass is 79.9. The average Bonchev–Trinajstić information content (AvgIpc) is 3.33. The number of anilines is 1. The molecule has 0 radical (unpaired) electrons. The third-order valence-corrected chi connectivity index (χ3v) is 7.64. The SMILES string of the molecule is COc1ccc(C=C2Sc3ccccc3N(CC(=O)NCCC[NH+]3CCCC3)C2=O)cc1Br. The molecular formula is C25H29BrN3O3S+. The summed E-state index contributed by atoms with van der Waals surface area (Å²) < 4.78 is 6.11. The van der Waals surface area contributed by atoms with E-state index in [1.807, 2.05) is 48.5 Å². The molecule has 33 heavy (non-hydrogen) atoms. The van der Waals surface area contributed by atoms with E-state index in [2.05, 4.69) is 21.2 Å². The van der Waals surface area contributed by atoms with E-state index in [-0.39, 0.29) is 18.4 Å². The second-order valence-electron chi connectivity index (χ2n) is 8.27. The van der Waals surface area contributed by atoms with Gasteiger partial charge in [0.1, 0.15) is 12.3 Å². The maximum Gasteiger partial charge on any atom is 0.265 e. The number of ether oxygens (including phenoxy) is 1. The van der Waals surface area contributed by atoms with Crippen LogP contribution in [0.3, 0.4) is 0 Å². The van der Waals surface area contributed by atoms with Crippen LogP contribution in [-0.4, -0.2) is 51.6 Å². The van der Waals surface area contributed by atoms with Crippen LogP contribution < -0.4 is 19.9 Å². The Bertz CT molecular complexity index is 1050. The summed E-state index contributed by atoms with van der Waals surface area (Å²) in [6.07, 6.45) is 5.43. The zero-order valence-electron chi connectivity index (χ0n) is 18.7. The zero-order valence-corrected chi connectivity index (χ0v) is 21.1. The summed E-state index contributed by atoms with van der Waals surface area (Å²) in [5, 5.41) is 3.00. The minimum Gasteiger partial charge on any atom is -0.496 e. The number of methoxy groups -OCH3 is 1. The summed E-state index contributed by atoms with van der Waals surface area (Å²) in [5.41, 5.74) is 1.66. The second-order valence-corrected chi connectivity index (χ2v) is 10.2. The van der Waals surface area contributed by atoms with E-state index in [1.165, 1.54) is 37.7 Å². The van der Waals surface area contributed by atoms with Crippen molar-refractivity contribution < 1.29 is 19.2 Å². The first kappa shape index (κ1) is 23.9. The number of carbonyl (C=O) groups excluding carboxylic acids is 2. The Morgan fingerprint density at radius 2 is 2.03 bits per heavy atom. The molecule has 0 saturated carbocycles. The third-order valence-electron chi connectivity index (χ3n) is 5.95. The van der Waals surface area contributed by atoms with Crippen LogP contribution in [0.15, 0.2) is 56.7 Å². The number of nitrogens with zero attached hydrogens (tertiary/aromatic N) is 1. The Morgan fingerprint density at radius 3 is 2.79 bits per heavy atom. The maximum absolute atomic E-state index is 13.4. The zero-order chi connectivity index (χ0) is 23.2. The van der Waals surface area contributed by atoms with Crippen molar-refractivity contribution in [2.24, 2.45) is 0 Å². The van der Waals surface area contributed by atoms with Crippen molar-refractivity contribution >= 4 is 51.3 Å². The standard InChI is InChI=1S/C25H28BrN3O3S/c1-32-21-10-9-18(15-19(21)26)16-23-25(31)29(20-7-2-3-8-22(20)33-23)17-24(30)27-11-6-14-28-12-4-5-13-28/h2-3,7-10,15-16H,4-6,11-14,17H2,1H3,(H,27,30)/p+1. The van der Waals surface area contributed by atoms with Crippen molar-refractivity contribution in [3.05, 3.63) is 57.4 Å². The molecule has 0 bridgehead atoms. The van der Waals surface area contributed by atoms with Gasteiger partial charge in [-0.2, -0.15) is 0 Å². The lowest BCUT2D eigenvalue weighted by Gasteiger charge is -2.29. The molecule has 2 N–H and O–H groups in total. The number of thioether (sulfide) groups is 1. The number of hydrogen-bond donors (Lipinski definition) is 2. The van der Waals surface area contributed by atoms with Crippen molar-refractivity contribution in [1.29, 1.82) is 0 Å². The summed E-state index contributed by atoms with van der Waals surface area (Å²) in [6.45, 7) is 4.22. The molecule has 2 heterocycles. The lowest BCUT2D eigenvalue weighted by Crippen LogP contribution is -3.10. The molecule has 0 aromatic heterocycles. The highest BCUT2D eigenvalue weighted by molar-refractivity contribution is 9.10. The Labute approximate surface area is 207 Å². The Hall–Kier alpha value is -2.29. The molecule has 2 aromatic rings. The summed E-state index contributed by atoms with van der Waals surface area (Å²) in [7, 11) is 1.62. The molecule has 174 valence electrons. The molecule has 6 nitrogen and oxygen atoms in total. The smallest absolute Gasteiger partial charge is 0.265 e. The molecular weight excluding hydrogens is 502 g/mol. The number of hydrogen-bond acceptors (Lipinski definition) is 4. The number of quaternary nitrogens is 1. The van der Waals surface area contributed by atoms with Crippen LogP contribution >= 0.6 is 27.7 Å². The van der Waals surface area contributed by atoms with Crippen molar-refractivity contribution in [1.82, 2.24) is 5.32 Å². The molecule has 0 aliphatic carbocycles. The summed E-state index contributed by atoms with van der Waals surface area (Å²) >= 11 is 4.93. The van der Waals surface area contributed by atoms with Crippen molar-refractivity contribution in [2.45, 2.75) is 24.2 Å².